The van der Waals surface area contributed by atoms with Gasteiger partial charge in [-0.2, -0.15) is 5.11 Å². The van der Waals surface area contributed by atoms with E-state index < -0.39 is 0 Å². The van der Waals surface area contributed by atoms with Crippen molar-refractivity contribution in [2.45, 2.75) is 26.7 Å². The quantitative estimate of drug-likeness (QED) is 0.558. The van der Waals surface area contributed by atoms with Gasteiger partial charge in [0, 0.05) is 11.6 Å². The zero-order valence-electron chi connectivity index (χ0n) is 14.0. The van der Waals surface area contributed by atoms with Crippen LogP contribution in [0.4, 0.5) is 11.4 Å². The van der Waals surface area contributed by atoms with E-state index in [1.807, 2.05) is 43.3 Å². The van der Waals surface area contributed by atoms with Crippen LogP contribution in [0.25, 0.3) is 11.3 Å². The fourth-order valence-electron chi connectivity index (χ4n) is 2.34. The number of aryl methyl sites for hydroxylation is 1. The number of azo groups is 1. The van der Waals surface area contributed by atoms with E-state index in [-0.39, 0.29) is 5.95 Å². The molecule has 0 amide bonds. The highest BCUT2D eigenvalue weighted by Crippen LogP contribution is 2.37. The maximum absolute atomic E-state index is 9.94. The largest absolute Gasteiger partial charge is 0.479 e. The molecule has 0 saturated carbocycles. The molecule has 1 heterocycles. The SMILES string of the molecule is Cc1ccc(N=Nc2cc(-c3ccc(C(C)C)cc3)oc2O)cc1. The molecule has 1 aromatic heterocycles. The molecule has 1 N–H and O–H groups in total. The van der Waals surface area contributed by atoms with Crippen LogP contribution in [-0.2, 0) is 0 Å². The number of rotatable bonds is 4. The maximum Gasteiger partial charge on any atom is 0.311 e. The first-order chi connectivity index (χ1) is 11.5. The van der Waals surface area contributed by atoms with Crippen LogP contribution >= 0.6 is 0 Å². The van der Waals surface area contributed by atoms with Gasteiger partial charge in [0.1, 0.15) is 5.76 Å². The topological polar surface area (TPSA) is 58.1 Å². The Balaban J connectivity index is 1.83. The molecule has 2 aromatic carbocycles. The normalized spacial score (nSPS) is 11.5. The van der Waals surface area contributed by atoms with Gasteiger partial charge in [0.05, 0.1) is 5.69 Å². The highest BCUT2D eigenvalue weighted by atomic mass is 16.5. The summed E-state index contributed by atoms with van der Waals surface area (Å²) in [6, 6.07) is 17.5. The third kappa shape index (κ3) is 3.54. The van der Waals surface area contributed by atoms with Gasteiger partial charge in [-0.25, -0.2) is 0 Å². The Morgan fingerprint density at radius 1 is 0.917 bits per heavy atom. The summed E-state index contributed by atoms with van der Waals surface area (Å²) < 4.78 is 5.41. The Kier molecular flexibility index (Phi) is 4.47. The summed E-state index contributed by atoms with van der Waals surface area (Å²) in [5.41, 5.74) is 4.36. The molecule has 0 aliphatic rings. The molecule has 0 spiro atoms. The van der Waals surface area contributed by atoms with Crippen molar-refractivity contribution < 1.29 is 9.52 Å². The van der Waals surface area contributed by atoms with E-state index in [4.69, 9.17) is 4.42 Å². The Labute approximate surface area is 141 Å². The Hall–Kier alpha value is -2.88. The van der Waals surface area contributed by atoms with Crippen LogP contribution in [0, 0.1) is 6.92 Å². The zero-order chi connectivity index (χ0) is 17.1. The van der Waals surface area contributed by atoms with Crippen molar-refractivity contribution in [2.24, 2.45) is 10.2 Å². The van der Waals surface area contributed by atoms with Gasteiger partial charge in [0.2, 0.25) is 0 Å². The third-order valence-corrected chi connectivity index (χ3v) is 3.86. The number of hydrogen-bond acceptors (Lipinski definition) is 4. The van der Waals surface area contributed by atoms with Gasteiger partial charge in [-0.1, -0.05) is 55.8 Å². The van der Waals surface area contributed by atoms with Crippen molar-refractivity contribution in [3.8, 4) is 17.3 Å². The lowest BCUT2D eigenvalue weighted by molar-refractivity contribution is 0.339. The van der Waals surface area contributed by atoms with Crippen molar-refractivity contribution in [1.82, 2.24) is 0 Å². The molecule has 3 aromatic rings. The molecule has 0 fully saturated rings. The standard InChI is InChI=1S/C20H20N2O2/c1-13(2)15-6-8-16(9-7-15)19-12-18(20(23)24-19)22-21-17-10-4-14(3)5-11-17/h4-13,23H,1-3H3. The van der Waals surface area contributed by atoms with Crippen LogP contribution < -0.4 is 0 Å². The first-order valence-corrected chi connectivity index (χ1v) is 7.94. The van der Waals surface area contributed by atoms with Gasteiger partial charge in [-0.15, -0.1) is 5.11 Å². The second-order valence-corrected chi connectivity index (χ2v) is 6.11. The average Bonchev–Trinajstić information content (AvgIpc) is 2.95. The first-order valence-electron chi connectivity index (χ1n) is 7.94. The number of aromatic hydroxyl groups is 1. The van der Waals surface area contributed by atoms with Crippen LogP contribution in [-0.4, -0.2) is 5.11 Å². The number of hydrogen-bond donors (Lipinski definition) is 1. The molecule has 0 bridgehead atoms. The highest BCUT2D eigenvalue weighted by Gasteiger charge is 2.12. The molecule has 0 aliphatic carbocycles. The molecular formula is C20H20N2O2. The number of nitrogens with zero attached hydrogens (tertiary/aromatic N) is 2. The van der Waals surface area contributed by atoms with Crippen molar-refractivity contribution in [1.29, 1.82) is 0 Å². The van der Waals surface area contributed by atoms with Crippen molar-refractivity contribution in [2.75, 3.05) is 0 Å². The molecule has 0 atom stereocenters. The average molecular weight is 320 g/mol. The summed E-state index contributed by atoms with van der Waals surface area (Å²) in [5.74, 6) is 0.817. The minimum atomic E-state index is -0.228. The summed E-state index contributed by atoms with van der Waals surface area (Å²) in [5, 5.41) is 18.1. The van der Waals surface area contributed by atoms with Gasteiger partial charge < -0.3 is 9.52 Å². The highest BCUT2D eigenvalue weighted by molar-refractivity contribution is 5.65. The summed E-state index contributed by atoms with van der Waals surface area (Å²) in [6.07, 6.45) is 0. The fourth-order valence-corrected chi connectivity index (χ4v) is 2.34. The molecule has 4 heteroatoms. The minimum absolute atomic E-state index is 0.228. The van der Waals surface area contributed by atoms with Crippen molar-refractivity contribution >= 4 is 11.4 Å². The fraction of sp³-hybridized carbons (Fsp3) is 0.200. The zero-order valence-corrected chi connectivity index (χ0v) is 14.0. The van der Waals surface area contributed by atoms with E-state index in [0.717, 1.165) is 16.8 Å². The van der Waals surface area contributed by atoms with Crippen LogP contribution in [0.1, 0.15) is 30.9 Å². The van der Waals surface area contributed by atoms with E-state index in [0.29, 0.717) is 17.4 Å². The summed E-state index contributed by atoms with van der Waals surface area (Å²) >= 11 is 0. The Bertz CT molecular complexity index is 844. The monoisotopic (exact) mass is 320 g/mol. The molecule has 24 heavy (non-hydrogen) atoms. The molecule has 0 saturated heterocycles. The predicted molar refractivity (Wildman–Crippen MR) is 95.3 cm³/mol. The molecule has 0 radical (unpaired) electrons. The van der Waals surface area contributed by atoms with Gasteiger partial charge in [0.15, 0.2) is 5.69 Å². The number of benzene rings is 2. The van der Waals surface area contributed by atoms with Gasteiger partial charge in [-0.05, 0) is 30.5 Å². The van der Waals surface area contributed by atoms with E-state index >= 15 is 0 Å². The van der Waals surface area contributed by atoms with Gasteiger partial charge in [-0.3, -0.25) is 0 Å². The van der Waals surface area contributed by atoms with Crippen molar-refractivity contribution in [3.63, 3.8) is 0 Å². The summed E-state index contributed by atoms with van der Waals surface area (Å²) in [7, 11) is 0. The van der Waals surface area contributed by atoms with Crippen LogP contribution in [0.2, 0.25) is 0 Å². The molecule has 0 unspecified atom stereocenters. The summed E-state index contributed by atoms with van der Waals surface area (Å²) in [4.78, 5) is 0. The van der Waals surface area contributed by atoms with E-state index in [1.54, 1.807) is 6.07 Å². The van der Waals surface area contributed by atoms with Crippen LogP contribution in [0.3, 0.4) is 0 Å². The first kappa shape index (κ1) is 16.0. The lowest BCUT2D eigenvalue weighted by Gasteiger charge is -2.05. The number of furan rings is 1. The second-order valence-electron chi connectivity index (χ2n) is 6.11. The van der Waals surface area contributed by atoms with Crippen LogP contribution in [0.5, 0.6) is 5.95 Å². The molecular weight excluding hydrogens is 300 g/mol. The smallest absolute Gasteiger partial charge is 0.311 e. The molecule has 4 nitrogen and oxygen atoms in total. The maximum atomic E-state index is 9.94. The molecule has 122 valence electrons. The molecule has 3 rings (SSSR count). The second kappa shape index (κ2) is 6.71. The van der Waals surface area contributed by atoms with E-state index in [1.165, 1.54) is 5.56 Å². The van der Waals surface area contributed by atoms with Crippen LogP contribution in [0.15, 0.2) is 69.2 Å². The van der Waals surface area contributed by atoms with E-state index in [9.17, 15) is 5.11 Å². The summed E-state index contributed by atoms with van der Waals surface area (Å²) in [6.45, 7) is 6.31. The van der Waals surface area contributed by atoms with Gasteiger partial charge in [0.25, 0.3) is 0 Å². The molecule has 0 aliphatic heterocycles. The minimum Gasteiger partial charge on any atom is -0.479 e. The lowest BCUT2D eigenvalue weighted by atomic mass is 10.0. The third-order valence-electron chi connectivity index (χ3n) is 3.86. The van der Waals surface area contributed by atoms with E-state index in [2.05, 4.69) is 36.2 Å². The van der Waals surface area contributed by atoms with Crippen molar-refractivity contribution in [3.05, 3.63) is 65.7 Å². The lowest BCUT2D eigenvalue weighted by Crippen LogP contribution is -1.85. The Morgan fingerprint density at radius 3 is 2.21 bits per heavy atom. The Morgan fingerprint density at radius 2 is 1.58 bits per heavy atom. The predicted octanol–water partition coefficient (Wildman–Crippen LogP) is 6.50. The van der Waals surface area contributed by atoms with Gasteiger partial charge >= 0.3 is 5.95 Å².